The van der Waals surface area contributed by atoms with Crippen molar-refractivity contribution < 1.29 is 19.1 Å². The van der Waals surface area contributed by atoms with Gasteiger partial charge in [0.2, 0.25) is 0 Å². The zero-order valence-corrected chi connectivity index (χ0v) is 10.7. The van der Waals surface area contributed by atoms with Crippen LogP contribution >= 0.6 is 0 Å². The lowest BCUT2D eigenvalue weighted by molar-refractivity contribution is -0.147. The molecule has 0 spiro atoms. The average molecular weight is 255 g/mol. The van der Waals surface area contributed by atoms with E-state index < -0.39 is 24.1 Å². The summed E-state index contributed by atoms with van der Waals surface area (Å²) in [6.07, 6.45) is 3.39. The number of ether oxygens (including phenoxy) is 2. The normalized spacial score (nSPS) is 13.5. The smallest absolute Gasteiger partial charge is 0.330 e. The van der Waals surface area contributed by atoms with E-state index in [4.69, 9.17) is 10.3 Å². The Kier molecular flexibility index (Phi) is 8.05. The van der Waals surface area contributed by atoms with Crippen molar-refractivity contribution in [1.29, 1.82) is 0 Å². The van der Waals surface area contributed by atoms with Crippen molar-refractivity contribution in [1.82, 2.24) is 0 Å². The molecule has 0 fully saturated rings. The van der Waals surface area contributed by atoms with E-state index in [2.05, 4.69) is 14.8 Å². The molecule has 0 aliphatic heterocycles. The number of carbonyl (C=O) groups is 2. The number of hydrogen-bond donors (Lipinski definition) is 0. The van der Waals surface area contributed by atoms with Gasteiger partial charge >= 0.3 is 11.9 Å². The fourth-order valence-corrected chi connectivity index (χ4v) is 1.28. The van der Waals surface area contributed by atoms with Crippen LogP contribution in [0.5, 0.6) is 0 Å². The lowest BCUT2D eigenvalue weighted by atomic mass is 10.1. The highest BCUT2D eigenvalue weighted by atomic mass is 16.5. The third-order valence-corrected chi connectivity index (χ3v) is 2.16. The molecule has 0 bridgehead atoms. The summed E-state index contributed by atoms with van der Waals surface area (Å²) in [6.45, 7) is 2.96. The van der Waals surface area contributed by atoms with Gasteiger partial charge in [-0.15, -0.1) is 0 Å². The Morgan fingerprint density at radius 1 is 1.50 bits per heavy atom. The van der Waals surface area contributed by atoms with Gasteiger partial charge in [0, 0.05) is 17.9 Å². The van der Waals surface area contributed by atoms with Gasteiger partial charge in [-0.1, -0.05) is 18.1 Å². The maximum Gasteiger partial charge on any atom is 0.330 e. The Morgan fingerprint density at radius 3 is 2.67 bits per heavy atom. The molecule has 7 nitrogen and oxygen atoms in total. The number of rotatable bonds is 7. The van der Waals surface area contributed by atoms with Gasteiger partial charge in [0.15, 0.2) is 0 Å². The molecule has 0 heterocycles. The summed E-state index contributed by atoms with van der Waals surface area (Å²) >= 11 is 0. The molecular formula is C11H17N3O4. The molecule has 0 aliphatic rings. The van der Waals surface area contributed by atoms with E-state index in [1.807, 2.05) is 0 Å². The number of allylic oxidation sites excluding steroid dienone is 1. The molecule has 7 heteroatoms. The highest BCUT2D eigenvalue weighted by molar-refractivity contribution is 5.81. The van der Waals surface area contributed by atoms with Gasteiger partial charge in [-0.2, -0.15) is 0 Å². The molecule has 0 saturated carbocycles. The second-order valence-electron chi connectivity index (χ2n) is 3.60. The van der Waals surface area contributed by atoms with Crippen molar-refractivity contribution in [3.63, 3.8) is 0 Å². The molecule has 0 aromatic carbocycles. The lowest BCUT2D eigenvalue weighted by Gasteiger charge is -2.19. The number of carbonyl (C=O) groups excluding carboxylic acids is 2. The molecule has 0 aromatic rings. The fraction of sp³-hybridized carbons (Fsp3) is 0.636. The molecule has 0 unspecified atom stereocenters. The average Bonchev–Trinajstić information content (AvgIpc) is 2.32. The fourth-order valence-electron chi connectivity index (χ4n) is 1.28. The lowest BCUT2D eigenvalue weighted by Crippen LogP contribution is -2.26. The van der Waals surface area contributed by atoms with Crippen LogP contribution in [0.25, 0.3) is 10.4 Å². The van der Waals surface area contributed by atoms with Crippen molar-refractivity contribution in [3.8, 4) is 0 Å². The Hall–Kier alpha value is -2.01. The predicted octanol–water partition coefficient (Wildman–Crippen LogP) is 2.13. The topological polar surface area (TPSA) is 101 Å². The van der Waals surface area contributed by atoms with Gasteiger partial charge in [-0.25, -0.2) is 4.79 Å². The molecular weight excluding hydrogens is 238 g/mol. The molecule has 0 radical (unpaired) electrons. The summed E-state index contributed by atoms with van der Waals surface area (Å²) in [5, 5.41) is 3.50. The third-order valence-electron chi connectivity index (χ3n) is 2.16. The van der Waals surface area contributed by atoms with Crippen LogP contribution in [0, 0.1) is 0 Å². The van der Waals surface area contributed by atoms with E-state index in [1.54, 1.807) is 13.0 Å². The first-order valence-electron chi connectivity index (χ1n) is 5.47. The molecule has 0 amide bonds. The third kappa shape index (κ3) is 7.29. The number of azide groups is 1. The Morgan fingerprint density at radius 2 is 2.17 bits per heavy atom. The van der Waals surface area contributed by atoms with Gasteiger partial charge < -0.3 is 9.47 Å². The SMILES string of the molecule is COC(=O)/C=C/CC[C@@H](OC(C)=O)[C@@H](C)N=[N+]=[N-]. The second-order valence-corrected chi connectivity index (χ2v) is 3.60. The predicted molar refractivity (Wildman–Crippen MR) is 64.6 cm³/mol. The van der Waals surface area contributed by atoms with Gasteiger partial charge in [0.25, 0.3) is 0 Å². The van der Waals surface area contributed by atoms with E-state index in [-0.39, 0.29) is 0 Å². The minimum Gasteiger partial charge on any atom is -0.466 e. The molecule has 0 aliphatic carbocycles. The summed E-state index contributed by atoms with van der Waals surface area (Å²) in [5.74, 6) is -0.876. The Bertz CT molecular complexity index is 361. The van der Waals surface area contributed by atoms with E-state index in [0.29, 0.717) is 12.8 Å². The van der Waals surface area contributed by atoms with E-state index in [0.717, 1.165) is 0 Å². The number of hydrogen-bond acceptors (Lipinski definition) is 5. The first-order chi connectivity index (χ1) is 8.51. The van der Waals surface area contributed by atoms with Crippen LogP contribution in [-0.4, -0.2) is 31.2 Å². The number of methoxy groups -OCH3 is 1. The van der Waals surface area contributed by atoms with Crippen LogP contribution in [0.2, 0.25) is 0 Å². The van der Waals surface area contributed by atoms with Crippen molar-refractivity contribution in [2.24, 2.45) is 5.11 Å². The highest BCUT2D eigenvalue weighted by Gasteiger charge is 2.18. The van der Waals surface area contributed by atoms with E-state index >= 15 is 0 Å². The van der Waals surface area contributed by atoms with Crippen molar-refractivity contribution in [3.05, 3.63) is 22.6 Å². The molecule has 2 atom stereocenters. The van der Waals surface area contributed by atoms with Crippen molar-refractivity contribution in [2.45, 2.75) is 38.8 Å². The Labute approximate surface area is 105 Å². The summed E-state index contributed by atoms with van der Waals surface area (Å²) in [5.41, 5.74) is 8.34. The zero-order valence-electron chi connectivity index (χ0n) is 10.7. The van der Waals surface area contributed by atoms with E-state index in [1.165, 1.54) is 20.1 Å². The monoisotopic (exact) mass is 255 g/mol. The molecule has 0 N–H and O–H groups in total. The summed E-state index contributed by atoms with van der Waals surface area (Å²) in [4.78, 5) is 24.4. The van der Waals surface area contributed by atoms with Gasteiger partial charge in [-0.3, -0.25) is 4.79 Å². The van der Waals surface area contributed by atoms with Gasteiger partial charge in [0.05, 0.1) is 13.2 Å². The molecule has 0 aromatic heterocycles. The number of esters is 2. The molecule has 100 valence electrons. The summed E-state index contributed by atoms with van der Waals surface area (Å²) in [6, 6.07) is -0.453. The minimum absolute atomic E-state index is 0.433. The van der Waals surface area contributed by atoms with Gasteiger partial charge in [-0.05, 0) is 18.4 Å². The van der Waals surface area contributed by atoms with Crippen LogP contribution in [0.15, 0.2) is 17.3 Å². The molecule has 18 heavy (non-hydrogen) atoms. The summed E-state index contributed by atoms with van der Waals surface area (Å²) in [7, 11) is 1.29. The molecule has 0 saturated heterocycles. The highest BCUT2D eigenvalue weighted by Crippen LogP contribution is 2.12. The Balaban J connectivity index is 4.33. The minimum atomic E-state index is -0.499. The zero-order chi connectivity index (χ0) is 14.0. The van der Waals surface area contributed by atoms with E-state index in [9.17, 15) is 9.59 Å². The van der Waals surface area contributed by atoms with Crippen LogP contribution in [-0.2, 0) is 19.1 Å². The number of nitrogens with zero attached hydrogens (tertiary/aromatic N) is 3. The maximum absolute atomic E-state index is 10.9. The van der Waals surface area contributed by atoms with Crippen molar-refractivity contribution in [2.75, 3.05) is 7.11 Å². The second kappa shape index (κ2) is 9.07. The van der Waals surface area contributed by atoms with Crippen molar-refractivity contribution >= 4 is 11.9 Å². The van der Waals surface area contributed by atoms with Crippen LogP contribution in [0.4, 0.5) is 0 Å². The van der Waals surface area contributed by atoms with Gasteiger partial charge in [0.1, 0.15) is 6.10 Å². The quantitative estimate of drug-likeness (QED) is 0.228. The first-order valence-corrected chi connectivity index (χ1v) is 5.47. The maximum atomic E-state index is 10.9. The van der Waals surface area contributed by atoms with Crippen LogP contribution in [0.1, 0.15) is 26.7 Å². The molecule has 0 rings (SSSR count). The first kappa shape index (κ1) is 16.0. The van der Waals surface area contributed by atoms with Crippen LogP contribution in [0.3, 0.4) is 0 Å². The summed E-state index contributed by atoms with van der Waals surface area (Å²) < 4.78 is 9.47. The van der Waals surface area contributed by atoms with Crippen LogP contribution < -0.4 is 0 Å². The standard InChI is InChI=1S/C11H17N3O4/c1-8(13-14-12)10(18-9(2)15)6-4-5-7-11(16)17-3/h5,7-8,10H,4,6H2,1-3H3/b7-5+/t8-,10-/m1/s1. The largest absolute Gasteiger partial charge is 0.466 e.